The summed E-state index contributed by atoms with van der Waals surface area (Å²) in [7, 11) is 0. The first kappa shape index (κ1) is 18.7. The number of anilines is 1. The zero-order valence-corrected chi connectivity index (χ0v) is 15.9. The Labute approximate surface area is 169 Å². The molecule has 0 aromatic heterocycles. The topological polar surface area (TPSA) is 67.4 Å². The molecule has 0 unspecified atom stereocenters. The first-order valence-electron chi connectivity index (χ1n) is 9.68. The predicted molar refractivity (Wildman–Crippen MR) is 112 cm³/mol. The molecule has 0 heterocycles. The molecule has 1 saturated carbocycles. The highest BCUT2D eigenvalue weighted by Gasteiger charge is 2.25. The van der Waals surface area contributed by atoms with Crippen molar-refractivity contribution in [2.24, 2.45) is 0 Å². The van der Waals surface area contributed by atoms with E-state index in [-0.39, 0.29) is 17.9 Å². The van der Waals surface area contributed by atoms with E-state index in [1.54, 1.807) is 42.5 Å². The third kappa shape index (κ3) is 4.82. The van der Waals surface area contributed by atoms with Crippen LogP contribution in [-0.4, -0.2) is 17.9 Å². The summed E-state index contributed by atoms with van der Waals surface area (Å²) in [4.78, 5) is 25.4. The minimum atomic E-state index is -0.319. The molecule has 0 aliphatic heterocycles. The van der Waals surface area contributed by atoms with Crippen LogP contribution in [0.5, 0.6) is 5.75 Å². The van der Waals surface area contributed by atoms with Crippen molar-refractivity contribution in [3.8, 4) is 5.75 Å². The molecule has 0 bridgehead atoms. The maximum atomic E-state index is 12.9. The van der Waals surface area contributed by atoms with E-state index < -0.39 is 0 Å². The van der Waals surface area contributed by atoms with Crippen molar-refractivity contribution in [1.29, 1.82) is 0 Å². The maximum absolute atomic E-state index is 12.9. The summed E-state index contributed by atoms with van der Waals surface area (Å²) in [6, 6.07) is 24.1. The molecule has 5 nitrogen and oxygen atoms in total. The summed E-state index contributed by atoms with van der Waals surface area (Å²) >= 11 is 0. The average molecular weight is 386 g/mol. The molecule has 3 aromatic rings. The summed E-state index contributed by atoms with van der Waals surface area (Å²) in [6.45, 7) is 0.367. The molecule has 5 heteroatoms. The molecular formula is C24H22N2O3. The maximum Gasteiger partial charge on any atom is 0.259 e. The lowest BCUT2D eigenvalue weighted by molar-refractivity contribution is 0.0952. The van der Waals surface area contributed by atoms with E-state index in [9.17, 15) is 9.59 Å². The smallest absolute Gasteiger partial charge is 0.259 e. The second kappa shape index (κ2) is 8.61. The van der Waals surface area contributed by atoms with Gasteiger partial charge in [0.1, 0.15) is 12.4 Å². The number of amides is 2. The molecule has 0 saturated heterocycles. The summed E-state index contributed by atoms with van der Waals surface area (Å²) in [6.07, 6.45) is 2.01. The first-order valence-corrected chi connectivity index (χ1v) is 9.68. The lowest BCUT2D eigenvalue weighted by Crippen LogP contribution is -2.27. The minimum absolute atomic E-state index is 0.169. The van der Waals surface area contributed by atoms with E-state index in [1.807, 2.05) is 36.4 Å². The van der Waals surface area contributed by atoms with Gasteiger partial charge >= 0.3 is 0 Å². The Bertz CT molecular complexity index is 1010. The molecule has 0 radical (unpaired) electrons. The number of carbonyl (C=O) groups is 2. The van der Waals surface area contributed by atoms with Crippen LogP contribution in [0, 0.1) is 0 Å². The van der Waals surface area contributed by atoms with Crippen molar-refractivity contribution in [2.75, 3.05) is 5.32 Å². The van der Waals surface area contributed by atoms with Crippen LogP contribution in [0.2, 0.25) is 0 Å². The molecule has 2 N–H and O–H groups in total. The van der Waals surface area contributed by atoms with Gasteiger partial charge in [0.15, 0.2) is 0 Å². The minimum Gasteiger partial charge on any atom is -0.488 e. The molecule has 0 atom stereocenters. The molecular weight excluding hydrogens is 364 g/mol. The van der Waals surface area contributed by atoms with Crippen LogP contribution in [-0.2, 0) is 6.61 Å². The van der Waals surface area contributed by atoms with Crippen LogP contribution in [0.4, 0.5) is 5.69 Å². The molecule has 3 aromatic carbocycles. The standard InChI is InChI=1S/C24H22N2O3/c27-23(25-18-14-15-18)19-10-4-6-12-21(19)26-24(28)20-11-5-7-13-22(20)29-16-17-8-2-1-3-9-17/h1-13,18H,14-16H2,(H,25,27)(H,26,28). The Kier molecular flexibility index (Phi) is 5.56. The Morgan fingerprint density at radius 3 is 2.21 bits per heavy atom. The summed E-state index contributed by atoms with van der Waals surface area (Å²) in [5, 5.41) is 5.82. The summed E-state index contributed by atoms with van der Waals surface area (Å²) in [5.74, 6) is 0.00566. The number of carbonyl (C=O) groups excluding carboxylic acids is 2. The Balaban J connectivity index is 1.50. The molecule has 2 amide bonds. The largest absolute Gasteiger partial charge is 0.488 e. The fraction of sp³-hybridized carbons (Fsp3) is 0.167. The van der Waals surface area contributed by atoms with E-state index in [0.717, 1.165) is 18.4 Å². The summed E-state index contributed by atoms with van der Waals surface area (Å²) < 4.78 is 5.88. The number of rotatable bonds is 7. The van der Waals surface area contributed by atoms with Crippen molar-refractivity contribution in [3.63, 3.8) is 0 Å². The fourth-order valence-electron chi connectivity index (χ4n) is 2.99. The summed E-state index contributed by atoms with van der Waals surface area (Å²) in [5.41, 5.74) is 2.37. The zero-order chi connectivity index (χ0) is 20.1. The second-order valence-electron chi connectivity index (χ2n) is 7.02. The Morgan fingerprint density at radius 2 is 1.45 bits per heavy atom. The van der Waals surface area contributed by atoms with Crippen LogP contribution < -0.4 is 15.4 Å². The van der Waals surface area contributed by atoms with Gasteiger partial charge in [-0.1, -0.05) is 54.6 Å². The highest BCUT2D eigenvalue weighted by atomic mass is 16.5. The SMILES string of the molecule is O=C(NC1CC1)c1ccccc1NC(=O)c1ccccc1OCc1ccccc1. The Hall–Kier alpha value is -3.60. The third-order valence-electron chi connectivity index (χ3n) is 4.70. The van der Waals surface area contributed by atoms with E-state index in [1.165, 1.54) is 0 Å². The second-order valence-corrected chi connectivity index (χ2v) is 7.02. The molecule has 0 spiro atoms. The monoisotopic (exact) mass is 386 g/mol. The highest BCUT2D eigenvalue weighted by Crippen LogP contribution is 2.24. The zero-order valence-electron chi connectivity index (χ0n) is 15.9. The highest BCUT2D eigenvalue weighted by molar-refractivity contribution is 6.10. The van der Waals surface area contributed by atoms with Gasteiger partial charge in [-0.15, -0.1) is 0 Å². The van der Waals surface area contributed by atoms with Gasteiger partial charge in [0.25, 0.3) is 11.8 Å². The molecule has 1 fully saturated rings. The number of benzene rings is 3. The average Bonchev–Trinajstić information content (AvgIpc) is 3.57. The number of ether oxygens (including phenoxy) is 1. The number of hydrogen-bond donors (Lipinski definition) is 2. The molecule has 4 rings (SSSR count). The first-order chi connectivity index (χ1) is 14.2. The van der Waals surface area contributed by atoms with Crippen molar-refractivity contribution in [2.45, 2.75) is 25.5 Å². The van der Waals surface area contributed by atoms with Crippen LogP contribution >= 0.6 is 0 Å². The van der Waals surface area contributed by atoms with Crippen LogP contribution in [0.1, 0.15) is 39.1 Å². The van der Waals surface area contributed by atoms with Crippen molar-refractivity contribution in [1.82, 2.24) is 5.32 Å². The molecule has 29 heavy (non-hydrogen) atoms. The van der Waals surface area contributed by atoms with E-state index in [4.69, 9.17) is 4.74 Å². The normalized spacial score (nSPS) is 12.8. The fourth-order valence-corrected chi connectivity index (χ4v) is 2.99. The predicted octanol–water partition coefficient (Wildman–Crippen LogP) is 4.41. The molecule has 1 aliphatic rings. The van der Waals surface area contributed by atoms with E-state index in [0.29, 0.717) is 29.2 Å². The van der Waals surface area contributed by atoms with Crippen LogP contribution in [0.15, 0.2) is 78.9 Å². The van der Waals surface area contributed by atoms with Gasteiger partial charge < -0.3 is 15.4 Å². The third-order valence-corrected chi connectivity index (χ3v) is 4.70. The number of hydrogen-bond acceptors (Lipinski definition) is 3. The van der Waals surface area contributed by atoms with Gasteiger partial charge in [0.05, 0.1) is 16.8 Å². The van der Waals surface area contributed by atoms with Crippen LogP contribution in [0.3, 0.4) is 0 Å². The van der Waals surface area contributed by atoms with Gasteiger partial charge in [0, 0.05) is 6.04 Å². The quantitative estimate of drug-likeness (QED) is 0.632. The van der Waals surface area contributed by atoms with Gasteiger partial charge in [-0.2, -0.15) is 0 Å². The lowest BCUT2D eigenvalue weighted by Gasteiger charge is -2.14. The van der Waals surface area contributed by atoms with Crippen molar-refractivity contribution < 1.29 is 14.3 Å². The van der Waals surface area contributed by atoms with Gasteiger partial charge in [0.2, 0.25) is 0 Å². The van der Waals surface area contributed by atoms with Crippen LogP contribution in [0.25, 0.3) is 0 Å². The van der Waals surface area contributed by atoms with E-state index in [2.05, 4.69) is 10.6 Å². The van der Waals surface area contributed by atoms with Gasteiger partial charge in [-0.3, -0.25) is 9.59 Å². The lowest BCUT2D eigenvalue weighted by atomic mass is 10.1. The molecule has 1 aliphatic carbocycles. The molecule has 146 valence electrons. The number of nitrogens with one attached hydrogen (secondary N) is 2. The van der Waals surface area contributed by atoms with Crippen molar-refractivity contribution >= 4 is 17.5 Å². The van der Waals surface area contributed by atoms with Crippen molar-refractivity contribution in [3.05, 3.63) is 95.6 Å². The number of para-hydroxylation sites is 2. The van der Waals surface area contributed by atoms with Gasteiger partial charge in [-0.25, -0.2) is 0 Å². The Morgan fingerprint density at radius 1 is 0.793 bits per heavy atom. The van der Waals surface area contributed by atoms with E-state index >= 15 is 0 Å². The van der Waals surface area contributed by atoms with Gasteiger partial charge in [-0.05, 0) is 42.7 Å².